The third-order valence-electron chi connectivity index (χ3n) is 3.88. The summed E-state index contributed by atoms with van der Waals surface area (Å²) in [7, 11) is 0. The van der Waals surface area contributed by atoms with E-state index in [4.69, 9.17) is 4.74 Å². The molecule has 1 N–H and O–H groups in total. The van der Waals surface area contributed by atoms with Crippen molar-refractivity contribution in [3.05, 3.63) is 34.9 Å². The van der Waals surface area contributed by atoms with E-state index in [1.54, 1.807) is 0 Å². The van der Waals surface area contributed by atoms with Crippen molar-refractivity contribution in [3.8, 4) is 0 Å². The number of carbonyl (C=O) groups is 1. The van der Waals surface area contributed by atoms with Crippen LogP contribution >= 0.6 is 0 Å². The third kappa shape index (κ3) is 1.95. The van der Waals surface area contributed by atoms with E-state index in [-0.39, 0.29) is 0 Å². The summed E-state index contributed by atoms with van der Waals surface area (Å²) in [5, 5.41) is 9.60. The third-order valence-corrected chi connectivity index (χ3v) is 3.88. The summed E-state index contributed by atoms with van der Waals surface area (Å²) < 4.78 is 5.30. The molecule has 1 aliphatic rings. The molecular formula is C14H18O3. The van der Waals surface area contributed by atoms with Gasteiger partial charge in [-0.1, -0.05) is 18.2 Å². The molecule has 0 atom stereocenters. The van der Waals surface area contributed by atoms with Crippen LogP contribution in [0.5, 0.6) is 0 Å². The number of hydrogen-bond donors (Lipinski definition) is 1. The Morgan fingerprint density at radius 1 is 1.29 bits per heavy atom. The Morgan fingerprint density at radius 3 is 2.53 bits per heavy atom. The number of aryl methyl sites for hydroxylation is 1. The van der Waals surface area contributed by atoms with E-state index in [1.165, 1.54) is 0 Å². The molecule has 0 amide bonds. The number of carboxylic acid groups (broad SMARTS) is 1. The van der Waals surface area contributed by atoms with Crippen LogP contribution in [0.15, 0.2) is 18.2 Å². The van der Waals surface area contributed by atoms with Gasteiger partial charge < -0.3 is 9.84 Å². The van der Waals surface area contributed by atoms with Gasteiger partial charge in [0.15, 0.2) is 0 Å². The highest BCUT2D eigenvalue weighted by Gasteiger charge is 2.42. The minimum absolute atomic E-state index is 0.527. The number of ether oxygens (including phenoxy) is 1. The van der Waals surface area contributed by atoms with Gasteiger partial charge in [0.25, 0.3) is 0 Å². The molecule has 1 heterocycles. The second kappa shape index (κ2) is 4.49. The molecule has 1 fully saturated rings. The molecule has 0 spiro atoms. The van der Waals surface area contributed by atoms with Crippen LogP contribution in [-0.4, -0.2) is 24.3 Å². The van der Waals surface area contributed by atoms with Crippen LogP contribution in [0, 0.1) is 13.8 Å². The Bertz CT molecular complexity index is 431. The maximum atomic E-state index is 11.7. The molecule has 3 heteroatoms. The zero-order valence-electron chi connectivity index (χ0n) is 10.3. The fraction of sp³-hybridized carbons (Fsp3) is 0.500. The van der Waals surface area contributed by atoms with Crippen molar-refractivity contribution in [3.63, 3.8) is 0 Å². The number of carboxylic acids is 1. The lowest BCUT2D eigenvalue weighted by molar-refractivity contribution is -0.147. The van der Waals surface area contributed by atoms with Crippen molar-refractivity contribution in [1.82, 2.24) is 0 Å². The standard InChI is InChI=1S/C14H18O3/c1-10-4-3-5-12(11(10)2)14(13(15)16)6-8-17-9-7-14/h3-5H,6-9H2,1-2H3,(H,15,16). The topological polar surface area (TPSA) is 46.5 Å². The van der Waals surface area contributed by atoms with E-state index in [2.05, 4.69) is 0 Å². The van der Waals surface area contributed by atoms with Crippen LogP contribution in [0.4, 0.5) is 0 Å². The zero-order chi connectivity index (χ0) is 12.5. The predicted octanol–water partition coefficient (Wildman–Crippen LogP) is 2.44. The summed E-state index contributed by atoms with van der Waals surface area (Å²) >= 11 is 0. The molecule has 2 rings (SSSR count). The van der Waals surface area contributed by atoms with Crippen molar-refractivity contribution in [2.75, 3.05) is 13.2 Å². The van der Waals surface area contributed by atoms with Crippen molar-refractivity contribution < 1.29 is 14.6 Å². The molecule has 0 bridgehead atoms. The Kier molecular flexibility index (Phi) is 3.20. The van der Waals surface area contributed by atoms with Crippen LogP contribution in [0.3, 0.4) is 0 Å². The van der Waals surface area contributed by atoms with Crippen LogP contribution in [0.25, 0.3) is 0 Å². The molecule has 0 aliphatic carbocycles. The monoisotopic (exact) mass is 234 g/mol. The van der Waals surface area contributed by atoms with Crippen molar-refractivity contribution in [1.29, 1.82) is 0 Å². The second-order valence-corrected chi connectivity index (χ2v) is 4.75. The average molecular weight is 234 g/mol. The Morgan fingerprint density at radius 2 is 1.94 bits per heavy atom. The molecule has 1 aliphatic heterocycles. The first-order chi connectivity index (χ1) is 8.08. The lowest BCUT2D eigenvalue weighted by Crippen LogP contribution is -2.41. The maximum Gasteiger partial charge on any atom is 0.314 e. The van der Waals surface area contributed by atoms with Gasteiger partial charge in [0, 0.05) is 13.2 Å². The molecular weight excluding hydrogens is 216 g/mol. The van der Waals surface area contributed by atoms with Crippen LogP contribution in [-0.2, 0) is 14.9 Å². The van der Waals surface area contributed by atoms with Gasteiger partial charge in [-0.05, 0) is 43.4 Å². The van der Waals surface area contributed by atoms with Crippen LogP contribution in [0.2, 0.25) is 0 Å². The minimum atomic E-state index is -0.756. The molecule has 1 aromatic carbocycles. The second-order valence-electron chi connectivity index (χ2n) is 4.75. The predicted molar refractivity (Wildman–Crippen MR) is 65.3 cm³/mol. The van der Waals surface area contributed by atoms with Gasteiger partial charge in [-0.25, -0.2) is 0 Å². The lowest BCUT2D eigenvalue weighted by Gasteiger charge is -2.35. The van der Waals surface area contributed by atoms with Gasteiger partial charge in [0.1, 0.15) is 0 Å². The summed E-state index contributed by atoms with van der Waals surface area (Å²) in [5.74, 6) is -0.727. The van der Waals surface area contributed by atoms with Gasteiger partial charge in [0.05, 0.1) is 5.41 Å². The van der Waals surface area contributed by atoms with E-state index in [9.17, 15) is 9.90 Å². The zero-order valence-corrected chi connectivity index (χ0v) is 10.3. The summed E-state index contributed by atoms with van der Waals surface area (Å²) in [6.45, 7) is 5.08. The van der Waals surface area contributed by atoms with E-state index in [0.717, 1.165) is 16.7 Å². The fourth-order valence-electron chi connectivity index (χ4n) is 2.59. The fourth-order valence-corrected chi connectivity index (χ4v) is 2.59. The van der Waals surface area contributed by atoms with Gasteiger partial charge in [0.2, 0.25) is 0 Å². The summed E-state index contributed by atoms with van der Waals surface area (Å²) in [5.41, 5.74) is 2.44. The highest BCUT2D eigenvalue weighted by Crippen LogP contribution is 2.37. The Hall–Kier alpha value is -1.35. The highest BCUT2D eigenvalue weighted by molar-refractivity contribution is 5.82. The summed E-state index contributed by atoms with van der Waals surface area (Å²) in [4.78, 5) is 11.7. The average Bonchev–Trinajstić information content (AvgIpc) is 2.33. The van der Waals surface area contributed by atoms with Crippen molar-refractivity contribution in [2.45, 2.75) is 32.1 Å². The number of benzene rings is 1. The molecule has 17 heavy (non-hydrogen) atoms. The molecule has 3 nitrogen and oxygen atoms in total. The van der Waals surface area contributed by atoms with E-state index in [0.29, 0.717) is 26.1 Å². The van der Waals surface area contributed by atoms with Gasteiger partial charge in [-0.15, -0.1) is 0 Å². The Labute approximate surface area is 101 Å². The first kappa shape index (κ1) is 12.1. The molecule has 92 valence electrons. The summed E-state index contributed by atoms with van der Waals surface area (Å²) in [6.07, 6.45) is 1.12. The number of hydrogen-bond acceptors (Lipinski definition) is 2. The van der Waals surface area contributed by atoms with E-state index < -0.39 is 11.4 Å². The van der Waals surface area contributed by atoms with Gasteiger partial charge in [-0.2, -0.15) is 0 Å². The number of rotatable bonds is 2. The van der Waals surface area contributed by atoms with Crippen LogP contribution < -0.4 is 0 Å². The first-order valence-corrected chi connectivity index (χ1v) is 5.96. The van der Waals surface area contributed by atoms with Crippen molar-refractivity contribution >= 4 is 5.97 Å². The lowest BCUT2D eigenvalue weighted by atomic mass is 9.72. The van der Waals surface area contributed by atoms with Gasteiger partial charge >= 0.3 is 5.97 Å². The largest absolute Gasteiger partial charge is 0.481 e. The Balaban J connectivity index is 2.53. The normalized spacial score (nSPS) is 18.9. The molecule has 0 aromatic heterocycles. The molecule has 1 saturated heterocycles. The SMILES string of the molecule is Cc1cccc(C2(C(=O)O)CCOCC2)c1C. The maximum absolute atomic E-state index is 11.7. The smallest absolute Gasteiger partial charge is 0.314 e. The molecule has 0 radical (unpaired) electrons. The summed E-state index contributed by atoms with van der Waals surface area (Å²) in [6, 6.07) is 5.91. The van der Waals surface area contributed by atoms with E-state index >= 15 is 0 Å². The number of aliphatic carboxylic acids is 1. The minimum Gasteiger partial charge on any atom is -0.481 e. The van der Waals surface area contributed by atoms with E-state index in [1.807, 2.05) is 32.0 Å². The van der Waals surface area contributed by atoms with Crippen molar-refractivity contribution in [2.24, 2.45) is 0 Å². The first-order valence-electron chi connectivity index (χ1n) is 5.96. The molecule has 0 saturated carbocycles. The van der Waals surface area contributed by atoms with Gasteiger partial charge in [-0.3, -0.25) is 4.79 Å². The highest BCUT2D eigenvalue weighted by atomic mass is 16.5. The molecule has 0 unspecified atom stereocenters. The quantitative estimate of drug-likeness (QED) is 0.855. The molecule has 1 aromatic rings. The van der Waals surface area contributed by atoms with Crippen LogP contribution in [0.1, 0.15) is 29.5 Å².